The fraction of sp³-hybridized carbons (Fsp3) is 0.182. The average Bonchev–Trinajstić information content (AvgIpc) is 2.36. The summed E-state index contributed by atoms with van der Waals surface area (Å²) in [6, 6.07) is 6.76. The second kappa shape index (κ2) is 6.05. The zero-order chi connectivity index (χ0) is 13.9. The lowest BCUT2D eigenvalue weighted by Crippen LogP contribution is -2.58. The van der Waals surface area contributed by atoms with Crippen molar-refractivity contribution in [3.63, 3.8) is 0 Å². The van der Waals surface area contributed by atoms with Crippen LogP contribution in [0.3, 0.4) is 0 Å². The van der Waals surface area contributed by atoms with Gasteiger partial charge in [0.15, 0.2) is 6.10 Å². The van der Waals surface area contributed by atoms with Gasteiger partial charge in [-0.15, -0.1) is 0 Å². The van der Waals surface area contributed by atoms with E-state index in [1.54, 1.807) is 6.07 Å². The van der Waals surface area contributed by atoms with E-state index >= 15 is 0 Å². The summed E-state index contributed by atoms with van der Waals surface area (Å²) < 4.78 is 0. The van der Waals surface area contributed by atoms with E-state index in [1.165, 1.54) is 24.3 Å². The molecule has 1 aromatic rings. The van der Waals surface area contributed by atoms with Crippen molar-refractivity contribution < 1.29 is 40.3 Å². The SMILES string of the molecule is O.O=C(O)[C@@H](O)[C@](O)(C(=O)O)C(=O)c1ccccc1. The molecular formula is C11H12O8. The molecule has 8 heteroatoms. The third-order valence-electron chi connectivity index (χ3n) is 2.34. The molecule has 1 aromatic carbocycles. The number of ketones is 1. The fourth-order valence-electron chi connectivity index (χ4n) is 1.33. The van der Waals surface area contributed by atoms with Gasteiger partial charge >= 0.3 is 11.9 Å². The second-order valence-electron chi connectivity index (χ2n) is 3.51. The van der Waals surface area contributed by atoms with Gasteiger partial charge in [-0.2, -0.15) is 0 Å². The number of aliphatic carboxylic acids is 2. The van der Waals surface area contributed by atoms with Crippen molar-refractivity contribution >= 4 is 17.7 Å². The summed E-state index contributed by atoms with van der Waals surface area (Å²) in [5.74, 6) is -5.54. The molecule has 0 heterocycles. The molecule has 0 aliphatic carbocycles. The monoisotopic (exact) mass is 272 g/mol. The van der Waals surface area contributed by atoms with Gasteiger partial charge in [-0.3, -0.25) is 4.79 Å². The number of carboxylic acid groups (broad SMARTS) is 2. The maximum absolute atomic E-state index is 11.8. The fourth-order valence-corrected chi connectivity index (χ4v) is 1.33. The molecule has 0 unspecified atom stereocenters. The molecule has 104 valence electrons. The van der Waals surface area contributed by atoms with Crippen molar-refractivity contribution in [1.29, 1.82) is 0 Å². The molecule has 0 saturated carbocycles. The number of hydrogen-bond donors (Lipinski definition) is 4. The first-order chi connectivity index (χ1) is 8.31. The topological polar surface area (TPSA) is 164 Å². The van der Waals surface area contributed by atoms with Crippen LogP contribution in [0.25, 0.3) is 0 Å². The number of benzene rings is 1. The summed E-state index contributed by atoms with van der Waals surface area (Å²) >= 11 is 0. The Balaban J connectivity index is 0.00000324. The number of carbonyl (C=O) groups is 3. The zero-order valence-corrected chi connectivity index (χ0v) is 9.48. The van der Waals surface area contributed by atoms with E-state index in [-0.39, 0.29) is 11.0 Å². The Morgan fingerprint density at radius 1 is 1.05 bits per heavy atom. The zero-order valence-electron chi connectivity index (χ0n) is 9.48. The third kappa shape index (κ3) is 2.94. The largest absolute Gasteiger partial charge is 0.479 e. The number of Topliss-reactive ketones (excluding diaryl/α,β-unsaturated/α-hetero) is 1. The van der Waals surface area contributed by atoms with Crippen molar-refractivity contribution in [2.75, 3.05) is 0 Å². The Labute approximate surface area is 106 Å². The second-order valence-corrected chi connectivity index (χ2v) is 3.51. The molecule has 0 saturated heterocycles. The molecule has 0 spiro atoms. The van der Waals surface area contributed by atoms with Crippen molar-refractivity contribution in [3.8, 4) is 0 Å². The van der Waals surface area contributed by atoms with E-state index in [4.69, 9.17) is 10.2 Å². The van der Waals surface area contributed by atoms with Crippen molar-refractivity contribution in [2.45, 2.75) is 11.7 Å². The number of aliphatic hydroxyl groups excluding tert-OH is 1. The lowest BCUT2D eigenvalue weighted by atomic mass is 9.87. The molecule has 0 aromatic heterocycles. The standard InChI is InChI=1S/C11H10O7.H2O/c12-7(6-4-2-1-3-5-6)11(18,10(16)17)8(13)9(14)15;/h1-5,8,13,18H,(H,14,15)(H,16,17);1H2/t8-,11+;/m1./s1. The lowest BCUT2D eigenvalue weighted by molar-refractivity contribution is -0.175. The number of carboxylic acids is 2. The summed E-state index contributed by atoms with van der Waals surface area (Å²) in [4.78, 5) is 33.2. The molecule has 1 rings (SSSR count). The number of carbonyl (C=O) groups excluding carboxylic acids is 1. The smallest absolute Gasteiger partial charge is 0.347 e. The Morgan fingerprint density at radius 2 is 1.53 bits per heavy atom. The van der Waals surface area contributed by atoms with Crippen LogP contribution in [-0.4, -0.2) is 55.3 Å². The summed E-state index contributed by atoms with van der Waals surface area (Å²) in [5.41, 5.74) is -3.64. The van der Waals surface area contributed by atoms with Crippen LogP contribution in [0.15, 0.2) is 30.3 Å². The normalized spacial score (nSPS) is 14.6. The molecule has 0 aliphatic heterocycles. The summed E-state index contributed by atoms with van der Waals surface area (Å²) in [6.45, 7) is 0. The van der Waals surface area contributed by atoms with Crippen LogP contribution in [0.5, 0.6) is 0 Å². The van der Waals surface area contributed by atoms with Crippen LogP contribution < -0.4 is 0 Å². The van der Waals surface area contributed by atoms with Crippen molar-refractivity contribution in [1.82, 2.24) is 0 Å². The molecule has 0 fully saturated rings. The lowest BCUT2D eigenvalue weighted by Gasteiger charge is -2.24. The highest BCUT2D eigenvalue weighted by atomic mass is 16.4. The van der Waals surface area contributed by atoms with Crippen LogP contribution in [0, 0.1) is 0 Å². The van der Waals surface area contributed by atoms with E-state index in [9.17, 15) is 24.6 Å². The Hall–Kier alpha value is -2.29. The molecule has 0 amide bonds. The first-order valence-electron chi connectivity index (χ1n) is 4.78. The molecule has 19 heavy (non-hydrogen) atoms. The van der Waals surface area contributed by atoms with Gasteiger partial charge in [0.2, 0.25) is 5.78 Å². The minimum atomic E-state index is -3.42. The summed E-state index contributed by atoms with van der Waals surface area (Å²) in [7, 11) is 0. The van der Waals surface area contributed by atoms with Gasteiger partial charge in [-0.25, -0.2) is 9.59 Å². The maximum atomic E-state index is 11.8. The minimum Gasteiger partial charge on any atom is -0.479 e. The van der Waals surface area contributed by atoms with E-state index in [0.717, 1.165) is 0 Å². The Kier molecular flexibility index (Phi) is 5.32. The van der Waals surface area contributed by atoms with Crippen molar-refractivity contribution in [3.05, 3.63) is 35.9 Å². The van der Waals surface area contributed by atoms with E-state index < -0.39 is 29.4 Å². The third-order valence-corrected chi connectivity index (χ3v) is 2.34. The average molecular weight is 272 g/mol. The van der Waals surface area contributed by atoms with Crippen LogP contribution in [-0.2, 0) is 9.59 Å². The van der Waals surface area contributed by atoms with Crippen molar-refractivity contribution in [2.24, 2.45) is 0 Å². The first-order valence-corrected chi connectivity index (χ1v) is 4.78. The highest BCUT2D eigenvalue weighted by Gasteiger charge is 2.54. The van der Waals surface area contributed by atoms with Gasteiger partial charge in [-0.1, -0.05) is 30.3 Å². The first kappa shape index (κ1) is 16.7. The van der Waals surface area contributed by atoms with Gasteiger partial charge in [0.25, 0.3) is 5.60 Å². The maximum Gasteiger partial charge on any atom is 0.347 e. The van der Waals surface area contributed by atoms with Crippen LogP contribution in [0.2, 0.25) is 0 Å². The molecule has 6 N–H and O–H groups in total. The molecule has 0 radical (unpaired) electrons. The van der Waals surface area contributed by atoms with Gasteiger partial charge in [0.05, 0.1) is 0 Å². The summed E-state index contributed by atoms with van der Waals surface area (Å²) in [6.07, 6.45) is -2.76. The predicted molar refractivity (Wildman–Crippen MR) is 60.6 cm³/mol. The minimum absolute atomic E-state index is 0. The highest BCUT2D eigenvalue weighted by molar-refractivity contribution is 6.17. The van der Waals surface area contributed by atoms with Gasteiger partial charge < -0.3 is 25.9 Å². The number of rotatable bonds is 5. The Bertz CT molecular complexity index is 483. The molecule has 2 atom stereocenters. The molecule has 0 aliphatic rings. The van der Waals surface area contributed by atoms with E-state index in [1.807, 2.05) is 0 Å². The predicted octanol–water partition coefficient (Wildman–Crippen LogP) is -1.69. The Morgan fingerprint density at radius 3 is 1.89 bits per heavy atom. The van der Waals surface area contributed by atoms with E-state index in [0.29, 0.717) is 0 Å². The van der Waals surface area contributed by atoms with Gasteiger partial charge in [0.1, 0.15) is 0 Å². The van der Waals surface area contributed by atoms with E-state index in [2.05, 4.69) is 0 Å². The number of hydrogen-bond acceptors (Lipinski definition) is 5. The quantitative estimate of drug-likeness (QED) is 0.366. The van der Waals surface area contributed by atoms with Crippen LogP contribution in [0.1, 0.15) is 10.4 Å². The summed E-state index contributed by atoms with van der Waals surface area (Å²) in [5, 5.41) is 36.2. The number of aliphatic hydroxyl groups is 2. The van der Waals surface area contributed by atoms with Gasteiger partial charge in [0, 0.05) is 5.56 Å². The molecule has 0 bridgehead atoms. The van der Waals surface area contributed by atoms with Gasteiger partial charge in [-0.05, 0) is 0 Å². The molecular weight excluding hydrogens is 260 g/mol. The van der Waals surface area contributed by atoms with Crippen LogP contribution in [0.4, 0.5) is 0 Å². The highest BCUT2D eigenvalue weighted by Crippen LogP contribution is 2.19. The van der Waals surface area contributed by atoms with Crippen LogP contribution >= 0.6 is 0 Å². The molecule has 8 nitrogen and oxygen atoms in total.